The lowest BCUT2D eigenvalue weighted by Gasteiger charge is -2.34. The number of para-hydroxylation sites is 1. The van der Waals surface area contributed by atoms with Gasteiger partial charge in [0.05, 0.1) is 5.69 Å². The zero-order chi connectivity index (χ0) is 21.5. The van der Waals surface area contributed by atoms with Gasteiger partial charge in [-0.2, -0.15) is 0 Å². The number of hydrogen-bond donors (Lipinski definition) is 1. The molecule has 1 fully saturated rings. The van der Waals surface area contributed by atoms with Crippen LogP contribution in [0.1, 0.15) is 10.4 Å². The largest absolute Gasteiger partial charge is 0.335 e. The van der Waals surface area contributed by atoms with E-state index in [1.807, 2.05) is 12.1 Å². The number of halogens is 1. The molecule has 30 heavy (non-hydrogen) atoms. The van der Waals surface area contributed by atoms with Crippen LogP contribution in [0.5, 0.6) is 0 Å². The molecule has 1 aliphatic rings. The zero-order valence-corrected chi connectivity index (χ0v) is 17.2. The minimum absolute atomic E-state index is 0.222. The van der Waals surface area contributed by atoms with Crippen LogP contribution in [0.3, 0.4) is 0 Å². The highest BCUT2D eigenvalue weighted by Gasteiger charge is 2.28. The van der Waals surface area contributed by atoms with Gasteiger partial charge in [-0.1, -0.05) is 18.2 Å². The molecule has 3 amide bonds. The zero-order valence-electron chi connectivity index (χ0n) is 16.3. The molecule has 1 saturated heterocycles. The van der Waals surface area contributed by atoms with E-state index in [2.05, 4.69) is 11.9 Å². The SMILES string of the molecule is C=CCSc1ccccc1NC(=O)C(=O)N1CCN(C(=O)c2ccc(F)cc2)CC1. The van der Waals surface area contributed by atoms with Crippen LogP contribution in [-0.2, 0) is 9.59 Å². The second-order valence-electron chi connectivity index (χ2n) is 6.64. The Kier molecular flexibility index (Phi) is 7.24. The number of rotatable bonds is 5. The van der Waals surface area contributed by atoms with Crippen LogP contribution in [0.4, 0.5) is 10.1 Å². The Bertz CT molecular complexity index is 941. The predicted octanol–water partition coefficient (Wildman–Crippen LogP) is 3.03. The fraction of sp³-hybridized carbons (Fsp3) is 0.227. The summed E-state index contributed by atoms with van der Waals surface area (Å²) in [5.74, 6) is -1.28. The van der Waals surface area contributed by atoms with Gasteiger partial charge in [-0.25, -0.2) is 4.39 Å². The van der Waals surface area contributed by atoms with Crippen LogP contribution >= 0.6 is 11.8 Å². The Hall–Kier alpha value is -3.13. The van der Waals surface area contributed by atoms with E-state index in [-0.39, 0.29) is 19.0 Å². The molecule has 0 aliphatic carbocycles. The lowest BCUT2D eigenvalue weighted by atomic mass is 10.1. The Balaban J connectivity index is 1.56. The molecule has 6 nitrogen and oxygen atoms in total. The average molecular weight is 428 g/mol. The molecule has 0 saturated carbocycles. The third-order valence-electron chi connectivity index (χ3n) is 4.63. The molecule has 8 heteroatoms. The predicted molar refractivity (Wildman–Crippen MR) is 115 cm³/mol. The van der Waals surface area contributed by atoms with Crippen molar-refractivity contribution in [1.29, 1.82) is 0 Å². The van der Waals surface area contributed by atoms with Gasteiger partial charge in [0.2, 0.25) is 0 Å². The summed E-state index contributed by atoms with van der Waals surface area (Å²) < 4.78 is 13.0. The van der Waals surface area contributed by atoms with Gasteiger partial charge < -0.3 is 15.1 Å². The number of benzene rings is 2. The molecule has 156 valence electrons. The number of amides is 3. The molecule has 0 bridgehead atoms. The molecule has 3 rings (SSSR count). The molecule has 2 aromatic rings. The van der Waals surface area contributed by atoms with E-state index in [1.165, 1.54) is 40.9 Å². The number of anilines is 1. The molecule has 0 aromatic heterocycles. The van der Waals surface area contributed by atoms with E-state index < -0.39 is 17.6 Å². The van der Waals surface area contributed by atoms with Crippen molar-refractivity contribution in [3.8, 4) is 0 Å². The second kappa shape index (κ2) is 10.1. The normalized spacial score (nSPS) is 13.6. The van der Waals surface area contributed by atoms with Gasteiger partial charge >= 0.3 is 11.8 Å². The highest BCUT2D eigenvalue weighted by atomic mass is 32.2. The molecule has 0 unspecified atom stereocenters. The van der Waals surface area contributed by atoms with E-state index in [9.17, 15) is 18.8 Å². The summed E-state index contributed by atoms with van der Waals surface area (Å²) in [6, 6.07) is 12.6. The lowest BCUT2D eigenvalue weighted by Crippen LogP contribution is -2.53. The second-order valence-corrected chi connectivity index (χ2v) is 7.70. The molecule has 0 spiro atoms. The van der Waals surface area contributed by atoms with Gasteiger partial charge in [0.25, 0.3) is 5.91 Å². The van der Waals surface area contributed by atoms with Crippen molar-refractivity contribution in [3.63, 3.8) is 0 Å². The van der Waals surface area contributed by atoms with E-state index in [1.54, 1.807) is 23.1 Å². The molecule has 1 heterocycles. The van der Waals surface area contributed by atoms with Crippen LogP contribution in [0, 0.1) is 5.82 Å². The minimum Gasteiger partial charge on any atom is -0.335 e. The van der Waals surface area contributed by atoms with Crippen molar-refractivity contribution in [2.75, 3.05) is 37.2 Å². The Morgan fingerprint density at radius 2 is 1.63 bits per heavy atom. The average Bonchev–Trinajstić information content (AvgIpc) is 2.78. The standard InChI is InChI=1S/C22H22FN3O3S/c1-2-15-30-19-6-4-3-5-18(19)24-20(27)22(29)26-13-11-25(12-14-26)21(28)16-7-9-17(23)10-8-16/h2-10H,1,11-15H2,(H,24,27). The highest BCUT2D eigenvalue weighted by molar-refractivity contribution is 7.99. The topological polar surface area (TPSA) is 69.7 Å². The van der Waals surface area contributed by atoms with Crippen molar-refractivity contribution < 1.29 is 18.8 Å². The monoisotopic (exact) mass is 427 g/mol. The number of carbonyl (C=O) groups is 3. The first-order valence-corrected chi connectivity index (χ1v) is 10.5. The van der Waals surface area contributed by atoms with Gasteiger partial charge in [-0.15, -0.1) is 18.3 Å². The van der Waals surface area contributed by atoms with Gasteiger partial charge in [0.15, 0.2) is 0 Å². The Morgan fingerprint density at radius 1 is 1.00 bits per heavy atom. The third-order valence-corrected chi connectivity index (χ3v) is 5.70. The number of carbonyl (C=O) groups excluding carboxylic acids is 3. The Labute approximate surface area is 178 Å². The van der Waals surface area contributed by atoms with E-state index >= 15 is 0 Å². The Morgan fingerprint density at radius 3 is 2.30 bits per heavy atom. The third kappa shape index (κ3) is 5.27. The highest BCUT2D eigenvalue weighted by Crippen LogP contribution is 2.27. The van der Waals surface area contributed by atoms with Crippen molar-refractivity contribution in [3.05, 3.63) is 72.6 Å². The summed E-state index contributed by atoms with van der Waals surface area (Å²) in [7, 11) is 0. The maximum atomic E-state index is 13.0. The minimum atomic E-state index is -0.708. The van der Waals surface area contributed by atoms with Crippen LogP contribution in [-0.4, -0.2) is 59.5 Å². The van der Waals surface area contributed by atoms with Crippen LogP contribution in [0.25, 0.3) is 0 Å². The van der Waals surface area contributed by atoms with Crippen LogP contribution < -0.4 is 5.32 Å². The first-order chi connectivity index (χ1) is 14.5. The summed E-state index contributed by atoms with van der Waals surface area (Å²) in [6.45, 7) is 4.81. The quantitative estimate of drug-likeness (QED) is 0.452. The number of nitrogens with one attached hydrogen (secondary N) is 1. The van der Waals surface area contributed by atoms with E-state index in [0.29, 0.717) is 30.1 Å². The van der Waals surface area contributed by atoms with Crippen molar-refractivity contribution in [2.45, 2.75) is 4.90 Å². The van der Waals surface area contributed by atoms with Crippen LogP contribution in [0.15, 0.2) is 66.1 Å². The first kappa shape index (κ1) is 21.6. The maximum absolute atomic E-state index is 13.0. The number of thioether (sulfide) groups is 1. The summed E-state index contributed by atoms with van der Waals surface area (Å²) in [6.07, 6.45) is 1.77. The first-order valence-electron chi connectivity index (χ1n) is 9.47. The molecular formula is C22H22FN3O3S. The summed E-state index contributed by atoms with van der Waals surface area (Å²) in [4.78, 5) is 41.4. The molecule has 0 radical (unpaired) electrons. The molecule has 0 atom stereocenters. The van der Waals surface area contributed by atoms with Gasteiger partial charge in [-0.05, 0) is 36.4 Å². The number of nitrogens with zero attached hydrogens (tertiary/aromatic N) is 2. The van der Waals surface area contributed by atoms with Crippen LogP contribution in [0.2, 0.25) is 0 Å². The summed E-state index contributed by atoms with van der Waals surface area (Å²) >= 11 is 1.51. The van der Waals surface area contributed by atoms with Gasteiger partial charge in [0.1, 0.15) is 5.82 Å². The number of hydrogen-bond acceptors (Lipinski definition) is 4. The summed E-state index contributed by atoms with van der Waals surface area (Å²) in [5, 5.41) is 2.68. The summed E-state index contributed by atoms with van der Waals surface area (Å²) in [5.41, 5.74) is 0.968. The van der Waals surface area contributed by atoms with Crippen molar-refractivity contribution in [2.24, 2.45) is 0 Å². The fourth-order valence-electron chi connectivity index (χ4n) is 3.05. The lowest BCUT2D eigenvalue weighted by molar-refractivity contribution is -0.144. The molecule has 2 aromatic carbocycles. The van der Waals surface area contributed by atoms with Crippen molar-refractivity contribution in [1.82, 2.24) is 9.80 Å². The number of piperazine rings is 1. The van der Waals surface area contributed by atoms with E-state index in [4.69, 9.17) is 0 Å². The van der Waals surface area contributed by atoms with Crippen molar-refractivity contribution >= 4 is 35.2 Å². The van der Waals surface area contributed by atoms with E-state index in [0.717, 1.165) is 4.90 Å². The molecule has 1 aliphatic heterocycles. The van der Waals surface area contributed by atoms with Gasteiger partial charge in [0, 0.05) is 42.4 Å². The fourth-order valence-corrected chi connectivity index (χ4v) is 3.80. The molecule has 1 N–H and O–H groups in total. The smallest absolute Gasteiger partial charge is 0.313 e. The molecular weight excluding hydrogens is 405 g/mol. The maximum Gasteiger partial charge on any atom is 0.313 e. The van der Waals surface area contributed by atoms with Gasteiger partial charge in [-0.3, -0.25) is 14.4 Å².